The zero-order valence-corrected chi connectivity index (χ0v) is 31.4. The first kappa shape index (κ1) is 32.4. The Balaban J connectivity index is 1.07. The molecule has 0 atom stereocenters. The Hall–Kier alpha value is -7.00. The van der Waals surface area contributed by atoms with Crippen LogP contribution in [0.3, 0.4) is 0 Å². The summed E-state index contributed by atoms with van der Waals surface area (Å²) in [4.78, 5) is 2.40. The Morgan fingerprint density at radius 1 is 0.286 bits per heavy atom. The van der Waals surface area contributed by atoms with Crippen LogP contribution >= 0.6 is 11.3 Å². The minimum atomic E-state index is 1.10. The molecule has 0 saturated heterocycles. The van der Waals surface area contributed by atoms with Crippen LogP contribution in [0.5, 0.6) is 0 Å². The van der Waals surface area contributed by atoms with Crippen molar-refractivity contribution in [1.82, 2.24) is 0 Å². The molecule has 0 saturated carbocycles. The Morgan fingerprint density at radius 3 is 1.70 bits per heavy atom. The third kappa shape index (κ3) is 5.54. The fourth-order valence-electron chi connectivity index (χ4n) is 8.55. The molecule has 11 aromatic rings. The fourth-order valence-corrected chi connectivity index (χ4v) is 9.68. The van der Waals surface area contributed by atoms with Crippen molar-refractivity contribution in [2.75, 3.05) is 4.90 Å². The molecule has 1 heterocycles. The lowest BCUT2D eigenvalue weighted by Crippen LogP contribution is -2.10. The van der Waals surface area contributed by atoms with Crippen LogP contribution in [0.4, 0.5) is 17.1 Å². The van der Waals surface area contributed by atoms with E-state index in [4.69, 9.17) is 0 Å². The van der Waals surface area contributed by atoms with Gasteiger partial charge in [-0.1, -0.05) is 152 Å². The lowest BCUT2D eigenvalue weighted by atomic mass is 9.93. The van der Waals surface area contributed by atoms with Crippen LogP contribution in [0.1, 0.15) is 0 Å². The summed E-state index contributed by atoms with van der Waals surface area (Å²) in [6.45, 7) is 0. The standard InChI is InChI=1S/C54H35NS/c1-2-13-38-32-40(27-26-36(38)12-1)39-15-9-17-44(33-39)55(43-30-28-37(29-31-43)47-23-11-25-53-54(47)50-22-7-8-24-52(50)56-53)45-18-10-16-41(34-45)51-35-42-14-3-4-19-46(42)48-20-5-6-21-49(48)51/h1-35H. The van der Waals surface area contributed by atoms with Gasteiger partial charge in [-0.05, 0) is 126 Å². The van der Waals surface area contributed by atoms with Crippen LogP contribution in [0.2, 0.25) is 0 Å². The van der Waals surface area contributed by atoms with Gasteiger partial charge in [-0.2, -0.15) is 0 Å². The minimum Gasteiger partial charge on any atom is -0.310 e. The molecule has 56 heavy (non-hydrogen) atoms. The number of nitrogens with zero attached hydrogens (tertiary/aromatic N) is 1. The second-order valence-corrected chi connectivity index (χ2v) is 15.6. The van der Waals surface area contributed by atoms with Crippen molar-refractivity contribution in [3.63, 3.8) is 0 Å². The van der Waals surface area contributed by atoms with E-state index in [0.29, 0.717) is 0 Å². The maximum atomic E-state index is 2.40. The SMILES string of the molecule is c1cc(-c2ccc3ccccc3c2)cc(N(c2ccc(-c3cccc4sc5ccccc5c34)cc2)c2cccc(-c3cc4ccccc4c4ccccc34)c2)c1. The van der Waals surface area contributed by atoms with Crippen molar-refractivity contribution < 1.29 is 0 Å². The minimum absolute atomic E-state index is 1.10. The summed E-state index contributed by atoms with van der Waals surface area (Å²) in [5.74, 6) is 0. The number of benzene rings is 10. The molecule has 0 fully saturated rings. The van der Waals surface area contributed by atoms with E-state index in [1.54, 1.807) is 0 Å². The van der Waals surface area contributed by atoms with E-state index in [0.717, 1.165) is 17.1 Å². The monoisotopic (exact) mass is 729 g/mol. The molecular formula is C54H35NS. The van der Waals surface area contributed by atoms with Crippen LogP contribution in [-0.4, -0.2) is 0 Å². The molecular weight excluding hydrogens is 695 g/mol. The first-order valence-corrected chi connectivity index (χ1v) is 20.0. The van der Waals surface area contributed by atoms with E-state index in [1.807, 2.05) is 11.3 Å². The van der Waals surface area contributed by atoms with Crippen LogP contribution in [-0.2, 0) is 0 Å². The van der Waals surface area contributed by atoms with Gasteiger partial charge in [-0.25, -0.2) is 0 Å². The van der Waals surface area contributed by atoms with Crippen molar-refractivity contribution in [3.8, 4) is 33.4 Å². The molecule has 11 rings (SSSR count). The summed E-state index contributed by atoms with van der Waals surface area (Å²) in [6, 6.07) is 77.8. The van der Waals surface area contributed by atoms with Gasteiger partial charge in [0.2, 0.25) is 0 Å². The zero-order valence-electron chi connectivity index (χ0n) is 30.6. The number of anilines is 3. The molecule has 0 radical (unpaired) electrons. The first-order chi connectivity index (χ1) is 27.7. The lowest BCUT2D eigenvalue weighted by molar-refractivity contribution is 1.28. The van der Waals surface area contributed by atoms with E-state index in [1.165, 1.54) is 85.9 Å². The maximum absolute atomic E-state index is 2.40. The van der Waals surface area contributed by atoms with Crippen LogP contribution in [0.15, 0.2) is 212 Å². The number of thiophene rings is 1. The van der Waals surface area contributed by atoms with Gasteiger partial charge >= 0.3 is 0 Å². The van der Waals surface area contributed by atoms with Crippen molar-refractivity contribution in [2.24, 2.45) is 0 Å². The van der Waals surface area contributed by atoms with Gasteiger partial charge in [-0.3, -0.25) is 0 Å². The van der Waals surface area contributed by atoms with Gasteiger partial charge in [0, 0.05) is 37.2 Å². The number of fused-ring (bicyclic) bond motifs is 7. The van der Waals surface area contributed by atoms with Crippen molar-refractivity contribution >= 4 is 80.9 Å². The Labute approximate surface area is 330 Å². The molecule has 0 unspecified atom stereocenters. The molecule has 0 N–H and O–H groups in total. The average molecular weight is 730 g/mol. The first-order valence-electron chi connectivity index (χ1n) is 19.2. The van der Waals surface area contributed by atoms with Crippen LogP contribution in [0.25, 0.3) is 85.9 Å². The topological polar surface area (TPSA) is 3.24 Å². The van der Waals surface area contributed by atoms with E-state index >= 15 is 0 Å². The highest BCUT2D eigenvalue weighted by Crippen LogP contribution is 2.43. The Bertz CT molecular complexity index is 3260. The predicted octanol–water partition coefficient (Wildman–Crippen LogP) is 16.0. The summed E-state index contributed by atoms with van der Waals surface area (Å²) < 4.78 is 2.64. The number of hydrogen-bond acceptors (Lipinski definition) is 2. The van der Waals surface area contributed by atoms with Gasteiger partial charge in [0.1, 0.15) is 0 Å². The molecule has 1 nitrogen and oxygen atoms in total. The zero-order chi connectivity index (χ0) is 37.0. The van der Waals surface area contributed by atoms with E-state index in [2.05, 4.69) is 217 Å². The van der Waals surface area contributed by atoms with Gasteiger partial charge in [0.05, 0.1) is 0 Å². The highest BCUT2D eigenvalue weighted by Gasteiger charge is 2.17. The normalized spacial score (nSPS) is 11.6. The quantitative estimate of drug-likeness (QED) is 0.154. The maximum Gasteiger partial charge on any atom is 0.0467 e. The smallest absolute Gasteiger partial charge is 0.0467 e. The van der Waals surface area contributed by atoms with Crippen LogP contribution in [0, 0.1) is 0 Å². The molecule has 262 valence electrons. The van der Waals surface area contributed by atoms with Crippen molar-refractivity contribution in [3.05, 3.63) is 212 Å². The third-order valence-electron chi connectivity index (χ3n) is 11.2. The van der Waals surface area contributed by atoms with Crippen molar-refractivity contribution in [1.29, 1.82) is 0 Å². The second kappa shape index (κ2) is 13.4. The molecule has 0 bridgehead atoms. The number of rotatable bonds is 6. The lowest BCUT2D eigenvalue weighted by Gasteiger charge is -2.27. The summed E-state index contributed by atoms with van der Waals surface area (Å²) >= 11 is 1.87. The van der Waals surface area contributed by atoms with Gasteiger partial charge < -0.3 is 4.90 Å². The van der Waals surface area contributed by atoms with E-state index in [9.17, 15) is 0 Å². The molecule has 0 aliphatic heterocycles. The third-order valence-corrected chi connectivity index (χ3v) is 12.3. The van der Waals surface area contributed by atoms with Crippen LogP contribution < -0.4 is 4.90 Å². The second-order valence-electron chi connectivity index (χ2n) is 14.5. The van der Waals surface area contributed by atoms with Gasteiger partial charge in [-0.15, -0.1) is 11.3 Å². The largest absolute Gasteiger partial charge is 0.310 e. The fraction of sp³-hybridized carbons (Fsp3) is 0. The highest BCUT2D eigenvalue weighted by atomic mass is 32.1. The van der Waals surface area contributed by atoms with Gasteiger partial charge in [0.25, 0.3) is 0 Å². The average Bonchev–Trinajstić information content (AvgIpc) is 3.66. The van der Waals surface area contributed by atoms with Gasteiger partial charge in [0.15, 0.2) is 0 Å². The predicted molar refractivity (Wildman–Crippen MR) is 243 cm³/mol. The van der Waals surface area contributed by atoms with Crippen molar-refractivity contribution in [2.45, 2.75) is 0 Å². The molecule has 0 amide bonds. The van der Waals surface area contributed by atoms with E-state index in [-0.39, 0.29) is 0 Å². The summed E-state index contributed by atoms with van der Waals surface area (Å²) in [5, 5.41) is 10.2. The summed E-state index contributed by atoms with van der Waals surface area (Å²) in [7, 11) is 0. The summed E-state index contributed by atoms with van der Waals surface area (Å²) in [5.41, 5.74) is 10.6. The number of hydrogen-bond donors (Lipinski definition) is 0. The molecule has 2 heteroatoms. The van der Waals surface area contributed by atoms with E-state index < -0.39 is 0 Å². The molecule has 0 aliphatic rings. The molecule has 0 aliphatic carbocycles. The Morgan fingerprint density at radius 2 is 0.875 bits per heavy atom. The Kier molecular flexibility index (Phi) is 7.75. The molecule has 0 spiro atoms. The highest BCUT2D eigenvalue weighted by molar-refractivity contribution is 7.25. The molecule has 10 aromatic carbocycles. The molecule has 1 aromatic heterocycles. The summed E-state index contributed by atoms with van der Waals surface area (Å²) in [6.07, 6.45) is 0.